The van der Waals surface area contributed by atoms with Gasteiger partial charge in [0, 0.05) is 32.3 Å². The van der Waals surface area contributed by atoms with Gasteiger partial charge in [-0.15, -0.1) is 0 Å². The number of piperazine rings is 1. The van der Waals surface area contributed by atoms with E-state index in [0.29, 0.717) is 24.8 Å². The normalized spacial score (nSPS) is 21.7. The fourth-order valence-electron chi connectivity index (χ4n) is 4.07. The Morgan fingerprint density at radius 2 is 2.07 bits per heavy atom. The number of hydrogen-bond donors (Lipinski definition) is 0. The van der Waals surface area contributed by atoms with Crippen molar-refractivity contribution in [3.8, 4) is 0 Å². The molecule has 1 amide bonds. The van der Waals surface area contributed by atoms with Crippen LogP contribution in [0.2, 0.25) is 0 Å². The Balaban J connectivity index is 1.54. The number of carbonyl (C=O) groups excluding carboxylic acids is 1. The number of nitrogens with zero attached hydrogens (tertiary/aromatic N) is 4. The molecular formula is C21H28N4O3. The molecule has 2 aliphatic rings. The average Bonchev–Trinajstić information content (AvgIpc) is 3.20. The molecule has 0 radical (unpaired) electrons. The Bertz CT molecular complexity index is 847. The van der Waals surface area contributed by atoms with Gasteiger partial charge in [-0.05, 0) is 37.0 Å². The first-order chi connectivity index (χ1) is 13.3. The standard InChI is InChI=1S/C21H28N4O3/c1-14(2)18-10-24(5-6-25(18)20(26)17-12-27-13-23-17)19-7-15-8-21(3,4)28-11-16(15)9-22-19/h7,9,12-14,18H,5-6,8,10-11H2,1-4H3/t18-/m0/s1. The maximum Gasteiger partial charge on any atom is 0.276 e. The molecule has 1 saturated heterocycles. The lowest BCUT2D eigenvalue weighted by atomic mass is 9.92. The van der Waals surface area contributed by atoms with E-state index in [1.54, 1.807) is 0 Å². The molecule has 0 unspecified atom stereocenters. The molecule has 0 spiro atoms. The lowest BCUT2D eigenvalue weighted by molar-refractivity contribution is -0.0402. The van der Waals surface area contributed by atoms with E-state index in [0.717, 1.165) is 25.3 Å². The van der Waals surface area contributed by atoms with Crippen molar-refractivity contribution in [1.29, 1.82) is 0 Å². The summed E-state index contributed by atoms with van der Waals surface area (Å²) in [6.45, 7) is 11.3. The van der Waals surface area contributed by atoms with Gasteiger partial charge in [-0.2, -0.15) is 0 Å². The largest absolute Gasteiger partial charge is 0.451 e. The van der Waals surface area contributed by atoms with Gasteiger partial charge in [0.2, 0.25) is 0 Å². The summed E-state index contributed by atoms with van der Waals surface area (Å²) in [6, 6.07) is 2.29. The highest BCUT2D eigenvalue weighted by atomic mass is 16.5. The second-order valence-corrected chi connectivity index (χ2v) is 8.67. The third kappa shape index (κ3) is 3.63. The zero-order valence-electron chi connectivity index (χ0n) is 17.0. The highest BCUT2D eigenvalue weighted by molar-refractivity contribution is 5.92. The van der Waals surface area contributed by atoms with Gasteiger partial charge in [0.15, 0.2) is 12.1 Å². The zero-order chi connectivity index (χ0) is 19.9. The molecule has 0 saturated carbocycles. The van der Waals surface area contributed by atoms with Gasteiger partial charge in [-0.1, -0.05) is 13.8 Å². The van der Waals surface area contributed by atoms with Crippen LogP contribution in [0.4, 0.5) is 5.82 Å². The maximum absolute atomic E-state index is 12.8. The van der Waals surface area contributed by atoms with E-state index in [-0.39, 0.29) is 17.6 Å². The number of amides is 1. The third-order valence-electron chi connectivity index (χ3n) is 5.73. The van der Waals surface area contributed by atoms with E-state index in [2.05, 4.69) is 43.6 Å². The highest BCUT2D eigenvalue weighted by Crippen LogP contribution is 2.30. The van der Waals surface area contributed by atoms with Crippen molar-refractivity contribution in [2.75, 3.05) is 24.5 Å². The van der Waals surface area contributed by atoms with E-state index >= 15 is 0 Å². The van der Waals surface area contributed by atoms with Gasteiger partial charge in [-0.3, -0.25) is 4.79 Å². The van der Waals surface area contributed by atoms with Crippen LogP contribution in [0, 0.1) is 5.92 Å². The van der Waals surface area contributed by atoms with Crippen LogP contribution in [-0.2, 0) is 17.8 Å². The second-order valence-electron chi connectivity index (χ2n) is 8.67. The lowest BCUT2D eigenvalue weighted by Crippen LogP contribution is -2.57. The zero-order valence-corrected chi connectivity index (χ0v) is 17.0. The van der Waals surface area contributed by atoms with E-state index in [4.69, 9.17) is 14.1 Å². The number of oxazole rings is 1. The van der Waals surface area contributed by atoms with Gasteiger partial charge in [0.1, 0.15) is 12.1 Å². The van der Waals surface area contributed by atoms with Gasteiger partial charge < -0.3 is 19.0 Å². The topological polar surface area (TPSA) is 71.7 Å². The average molecular weight is 384 g/mol. The summed E-state index contributed by atoms with van der Waals surface area (Å²) in [7, 11) is 0. The highest BCUT2D eigenvalue weighted by Gasteiger charge is 2.35. The lowest BCUT2D eigenvalue weighted by Gasteiger charge is -2.43. The van der Waals surface area contributed by atoms with Crippen LogP contribution in [0.15, 0.2) is 29.3 Å². The summed E-state index contributed by atoms with van der Waals surface area (Å²) in [6.07, 6.45) is 5.55. The van der Waals surface area contributed by atoms with E-state index in [1.807, 2.05) is 11.1 Å². The predicted octanol–water partition coefficient (Wildman–Crippen LogP) is 2.91. The Labute approximate surface area is 165 Å². The number of carbonyl (C=O) groups is 1. The summed E-state index contributed by atoms with van der Waals surface area (Å²) in [5.41, 5.74) is 2.70. The minimum Gasteiger partial charge on any atom is -0.451 e. The number of rotatable bonds is 3. The summed E-state index contributed by atoms with van der Waals surface area (Å²) >= 11 is 0. The Hall–Kier alpha value is -2.41. The SMILES string of the molecule is CC(C)[C@@H]1CN(c2cc3c(cn2)COC(C)(C)C3)CCN1C(=O)c1cocn1. The summed E-state index contributed by atoms with van der Waals surface area (Å²) in [5, 5.41) is 0. The molecule has 0 bridgehead atoms. The van der Waals surface area contributed by atoms with Crippen molar-refractivity contribution in [2.45, 2.75) is 52.4 Å². The second kappa shape index (κ2) is 7.20. The van der Waals surface area contributed by atoms with Crippen molar-refractivity contribution < 1.29 is 13.9 Å². The summed E-state index contributed by atoms with van der Waals surface area (Å²) in [4.78, 5) is 25.8. The molecular weight excluding hydrogens is 356 g/mol. The van der Waals surface area contributed by atoms with E-state index in [9.17, 15) is 4.79 Å². The molecule has 0 N–H and O–H groups in total. The molecule has 2 aromatic rings. The van der Waals surface area contributed by atoms with E-state index < -0.39 is 0 Å². The van der Waals surface area contributed by atoms with Crippen LogP contribution < -0.4 is 4.90 Å². The molecule has 0 aromatic carbocycles. The number of fused-ring (bicyclic) bond motifs is 1. The molecule has 2 aromatic heterocycles. The van der Waals surface area contributed by atoms with Crippen LogP contribution in [-0.4, -0.2) is 52.1 Å². The van der Waals surface area contributed by atoms with Gasteiger partial charge in [0.25, 0.3) is 5.91 Å². The van der Waals surface area contributed by atoms with E-state index in [1.165, 1.54) is 23.8 Å². The van der Waals surface area contributed by atoms with Crippen LogP contribution in [0.3, 0.4) is 0 Å². The number of hydrogen-bond acceptors (Lipinski definition) is 6. The summed E-state index contributed by atoms with van der Waals surface area (Å²) in [5.74, 6) is 1.24. The maximum atomic E-state index is 12.8. The first kappa shape index (κ1) is 18.9. The molecule has 0 aliphatic carbocycles. The number of ether oxygens (including phenoxy) is 1. The first-order valence-corrected chi connectivity index (χ1v) is 9.90. The van der Waals surface area contributed by atoms with Crippen molar-refractivity contribution >= 4 is 11.7 Å². The molecule has 28 heavy (non-hydrogen) atoms. The van der Waals surface area contributed by atoms with Crippen molar-refractivity contribution in [3.63, 3.8) is 0 Å². The number of pyridine rings is 1. The summed E-state index contributed by atoms with van der Waals surface area (Å²) < 4.78 is 10.9. The molecule has 4 rings (SSSR count). The number of aromatic nitrogens is 2. The van der Waals surface area contributed by atoms with Gasteiger partial charge >= 0.3 is 0 Å². The molecule has 1 atom stereocenters. The smallest absolute Gasteiger partial charge is 0.276 e. The minimum atomic E-state index is -0.144. The Kier molecular flexibility index (Phi) is 4.87. The Morgan fingerprint density at radius 3 is 2.79 bits per heavy atom. The molecule has 7 nitrogen and oxygen atoms in total. The molecule has 2 aliphatic heterocycles. The van der Waals surface area contributed by atoms with Crippen molar-refractivity contribution in [3.05, 3.63) is 41.7 Å². The van der Waals surface area contributed by atoms with Gasteiger partial charge in [0.05, 0.1) is 18.2 Å². The third-order valence-corrected chi connectivity index (χ3v) is 5.73. The Morgan fingerprint density at radius 1 is 1.25 bits per heavy atom. The monoisotopic (exact) mass is 384 g/mol. The minimum absolute atomic E-state index is 0.0654. The molecule has 4 heterocycles. The van der Waals surface area contributed by atoms with Crippen molar-refractivity contribution in [2.24, 2.45) is 5.92 Å². The van der Waals surface area contributed by atoms with Crippen molar-refractivity contribution in [1.82, 2.24) is 14.9 Å². The van der Waals surface area contributed by atoms with Crippen LogP contribution in [0.5, 0.6) is 0 Å². The van der Waals surface area contributed by atoms with Gasteiger partial charge in [-0.25, -0.2) is 9.97 Å². The molecule has 150 valence electrons. The number of anilines is 1. The fraction of sp³-hybridized carbons (Fsp3) is 0.571. The molecule has 7 heteroatoms. The van der Waals surface area contributed by atoms with Crippen LogP contribution in [0.25, 0.3) is 0 Å². The predicted molar refractivity (Wildman–Crippen MR) is 105 cm³/mol. The quantitative estimate of drug-likeness (QED) is 0.810. The van der Waals surface area contributed by atoms with Crippen LogP contribution in [0.1, 0.15) is 49.3 Å². The molecule has 1 fully saturated rings. The first-order valence-electron chi connectivity index (χ1n) is 9.90. The fourth-order valence-corrected chi connectivity index (χ4v) is 4.07. The van der Waals surface area contributed by atoms with Crippen LogP contribution >= 0.6 is 0 Å².